The van der Waals surface area contributed by atoms with Crippen molar-refractivity contribution in [3.05, 3.63) is 55.4 Å². The molecule has 0 spiro atoms. The second-order valence-electron chi connectivity index (χ2n) is 5.52. The van der Waals surface area contributed by atoms with Crippen molar-refractivity contribution in [1.29, 1.82) is 0 Å². The molecule has 7 heteroatoms. The van der Waals surface area contributed by atoms with Crippen LogP contribution in [0.1, 0.15) is 48.3 Å². The van der Waals surface area contributed by atoms with Gasteiger partial charge in [0.25, 0.3) is 5.56 Å². The summed E-state index contributed by atoms with van der Waals surface area (Å²) in [6.07, 6.45) is 0. The van der Waals surface area contributed by atoms with E-state index in [0.717, 1.165) is 4.68 Å². The number of carbonyl (C=O) groups is 1. The van der Waals surface area contributed by atoms with Gasteiger partial charge in [0.15, 0.2) is 11.5 Å². The Morgan fingerprint density at radius 2 is 2.00 bits per heavy atom. The van der Waals surface area contributed by atoms with E-state index in [2.05, 4.69) is 5.10 Å². The zero-order chi connectivity index (χ0) is 17.3. The Kier molecular flexibility index (Phi) is 5.12. The van der Waals surface area contributed by atoms with Crippen LogP contribution in [0.15, 0.2) is 23.0 Å². The number of aromatic nitrogens is 2. The topological polar surface area (TPSA) is 72.2 Å². The normalized spacial score (nSPS) is 11.0. The predicted molar refractivity (Wildman–Crippen MR) is 89.8 cm³/mol. The average Bonchev–Trinajstić information content (AvgIpc) is 2.45. The maximum atomic E-state index is 12.5. The minimum absolute atomic E-state index is 0.0541. The molecule has 5 nitrogen and oxygen atoms in total. The molecule has 0 aliphatic carbocycles. The van der Waals surface area contributed by atoms with Gasteiger partial charge in [-0.25, -0.2) is 4.68 Å². The Morgan fingerprint density at radius 3 is 2.57 bits per heavy atom. The zero-order valence-corrected chi connectivity index (χ0v) is 14.4. The van der Waals surface area contributed by atoms with E-state index in [0.29, 0.717) is 15.6 Å². The average molecular weight is 355 g/mol. The van der Waals surface area contributed by atoms with Crippen LogP contribution in [0, 0.1) is 0 Å². The monoisotopic (exact) mass is 354 g/mol. The van der Waals surface area contributed by atoms with E-state index >= 15 is 0 Å². The molecule has 0 radical (unpaired) electrons. The molecule has 1 aromatic heterocycles. The Balaban J connectivity index is 2.65. The number of Topliss-reactive ketones (excluding diaryl/α,β-unsaturated/α-hetero) is 1. The lowest BCUT2D eigenvalue weighted by atomic mass is 10.1. The second-order valence-corrected chi connectivity index (χ2v) is 6.36. The molecule has 122 valence electrons. The van der Waals surface area contributed by atoms with Gasteiger partial charge in [-0.3, -0.25) is 9.59 Å². The molecular formula is C16H16Cl2N2O3. The molecule has 0 aliphatic heterocycles. The van der Waals surface area contributed by atoms with E-state index in [4.69, 9.17) is 23.2 Å². The summed E-state index contributed by atoms with van der Waals surface area (Å²) in [4.78, 5) is 24.2. The highest BCUT2D eigenvalue weighted by atomic mass is 35.5. The van der Waals surface area contributed by atoms with Gasteiger partial charge in [-0.2, -0.15) is 5.10 Å². The third kappa shape index (κ3) is 3.57. The van der Waals surface area contributed by atoms with Crippen molar-refractivity contribution >= 4 is 29.0 Å². The van der Waals surface area contributed by atoms with E-state index in [1.165, 1.54) is 6.92 Å². The minimum atomic E-state index is -0.657. The number of ketones is 1. The first kappa shape index (κ1) is 17.5. The summed E-state index contributed by atoms with van der Waals surface area (Å²) in [6, 6.07) is 4.90. The third-order valence-electron chi connectivity index (χ3n) is 3.38. The number of aromatic hydroxyl groups is 1. The second kappa shape index (κ2) is 6.72. The summed E-state index contributed by atoms with van der Waals surface area (Å²) in [5.74, 6) is -1.02. The van der Waals surface area contributed by atoms with E-state index in [9.17, 15) is 14.7 Å². The number of benzene rings is 1. The standard InChI is InChI=1S/C16H16Cl2N2O3/c1-8(2)14-15(22)13(9(3)21)16(23)20(19-14)7-10-6-11(17)4-5-12(10)18/h4-6,8,22H,7H2,1-3H3. The van der Waals surface area contributed by atoms with Gasteiger partial charge in [0.2, 0.25) is 0 Å². The lowest BCUT2D eigenvalue weighted by Gasteiger charge is -2.14. The molecule has 2 aromatic rings. The summed E-state index contributed by atoms with van der Waals surface area (Å²) in [5.41, 5.74) is -0.0334. The van der Waals surface area contributed by atoms with Gasteiger partial charge in [-0.1, -0.05) is 37.0 Å². The first-order valence-corrected chi connectivity index (χ1v) is 7.76. The van der Waals surface area contributed by atoms with E-state index in [1.807, 2.05) is 13.8 Å². The highest BCUT2D eigenvalue weighted by molar-refractivity contribution is 6.33. The first-order chi connectivity index (χ1) is 10.7. The van der Waals surface area contributed by atoms with Gasteiger partial charge in [0.1, 0.15) is 11.3 Å². The first-order valence-electron chi connectivity index (χ1n) is 7.01. The van der Waals surface area contributed by atoms with E-state index in [-0.39, 0.29) is 29.5 Å². The van der Waals surface area contributed by atoms with Gasteiger partial charge in [0.05, 0.1) is 6.54 Å². The lowest BCUT2D eigenvalue weighted by molar-refractivity contribution is 0.101. The van der Waals surface area contributed by atoms with Crippen molar-refractivity contribution < 1.29 is 9.90 Å². The number of nitrogens with zero attached hydrogens (tertiary/aromatic N) is 2. The van der Waals surface area contributed by atoms with Crippen molar-refractivity contribution in [2.75, 3.05) is 0 Å². The summed E-state index contributed by atoms with van der Waals surface area (Å²) in [5, 5.41) is 15.3. The lowest BCUT2D eigenvalue weighted by Crippen LogP contribution is -2.30. The molecule has 0 atom stereocenters. The highest BCUT2D eigenvalue weighted by Crippen LogP contribution is 2.26. The van der Waals surface area contributed by atoms with Crippen LogP contribution in [0.25, 0.3) is 0 Å². The Bertz CT molecular complexity index is 829. The van der Waals surface area contributed by atoms with Crippen LogP contribution >= 0.6 is 23.2 Å². The smallest absolute Gasteiger partial charge is 0.281 e. The largest absolute Gasteiger partial charge is 0.505 e. The number of hydrogen-bond donors (Lipinski definition) is 1. The fourth-order valence-electron chi connectivity index (χ4n) is 2.22. The molecule has 0 saturated heterocycles. The molecule has 2 rings (SSSR count). The van der Waals surface area contributed by atoms with Gasteiger partial charge in [0, 0.05) is 16.0 Å². The number of halogens is 2. The van der Waals surface area contributed by atoms with Crippen molar-refractivity contribution in [3.8, 4) is 5.75 Å². The molecule has 0 fully saturated rings. The summed E-state index contributed by atoms with van der Waals surface area (Å²) >= 11 is 12.1. The van der Waals surface area contributed by atoms with Crippen LogP contribution < -0.4 is 5.56 Å². The van der Waals surface area contributed by atoms with Crippen LogP contribution in [-0.4, -0.2) is 20.7 Å². The zero-order valence-electron chi connectivity index (χ0n) is 12.9. The molecule has 0 saturated carbocycles. The Labute approximate surface area is 143 Å². The van der Waals surface area contributed by atoms with Crippen LogP contribution in [0.5, 0.6) is 5.75 Å². The summed E-state index contributed by atoms with van der Waals surface area (Å²) in [6.45, 7) is 4.91. The van der Waals surface area contributed by atoms with Gasteiger partial charge in [-0.05, 0) is 30.7 Å². The molecule has 0 bridgehead atoms. The Morgan fingerprint density at radius 1 is 1.35 bits per heavy atom. The van der Waals surface area contributed by atoms with Gasteiger partial charge >= 0.3 is 0 Å². The molecule has 1 heterocycles. The number of carbonyl (C=O) groups excluding carboxylic acids is 1. The van der Waals surface area contributed by atoms with E-state index in [1.54, 1.807) is 18.2 Å². The fraction of sp³-hybridized carbons (Fsp3) is 0.312. The van der Waals surface area contributed by atoms with E-state index < -0.39 is 11.3 Å². The fourth-order valence-corrected chi connectivity index (χ4v) is 2.59. The molecule has 0 unspecified atom stereocenters. The summed E-state index contributed by atoms with van der Waals surface area (Å²) < 4.78 is 1.13. The molecule has 23 heavy (non-hydrogen) atoms. The van der Waals surface area contributed by atoms with Crippen molar-refractivity contribution in [2.24, 2.45) is 0 Å². The molecule has 1 N–H and O–H groups in total. The molecule has 0 aliphatic rings. The Hall–Kier alpha value is -1.85. The molecular weight excluding hydrogens is 339 g/mol. The van der Waals surface area contributed by atoms with Crippen LogP contribution in [-0.2, 0) is 6.54 Å². The van der Waals surface area contributed by atoms with Crippen molar-refractivity contribution in [3.63, 3.8) is 0 Å². The predicted octanol–water partition coefficient (Wildman–Crippen LogP) is 3.63. The molecule has 0 amide bonds. The van der Waals surface area contributed by atoms with Crippen molar-refractivity contribution in [1.82, 2.24) is 9.78 Å². The third-order valence-corrected chi connectivity index (χ3v) is 3.99. The van der Waals surface area contributed by atoms with Crippen LogP contribution in [0.3, 0.4) is 0 Å². The quantitative estimate of drug-likeness (QED) is 0.850. The molecule has 1 aromatic carbocycles. The van der Waals surface area contributed by atoms with Gasteiger partial charge < -0.3 is 5.11 Å². The SMILES string of the molecule is CC(=O)c1c(O)c(C(C)C)nn(Cc2cc(Cl)ccc2Cl)c1=O. The maximum Gasteiger partial charge on any atom is 0.281 e. The summed E-state index contributed by atoms with van der Waals surface area (Å²) in [7, 11) is 0. The van der Waals surface area contributed by atoms with Crippen LogP contribution in [0.4, 0.5) is 0 Å². The highest BCUT2D eigenvalue weighted by Gasteiger charge is 2.22. The number of rotatable bonds is 4. The van der Waals surface area contributed by atoms with Crippen LogP contribution in [0.2, 0.25) is 10.0 Å². The van der Waals surface area contributed by atoms with Crippen molar-refractivity contribution in [2.45, 2.75) is 33.2 Å². The maximum absolute atomic E-state index is 12.5. The minimum Gasteiger partial charge on any atom is -0.505 e. The number of hydrogen-bond acceptors (Lipinski definition) is 4. The van der Waals surface area contributed by atoms with Gasteiger partial charge in [-0.15, -0.1) is 0 Å².